The maximum atomic E-state index is 11.4. The van der Waals surface area contributed by atoms with Gasteiger partial charge in [-0.05, 0) is 18.4 Å². The molecule has 0 aromatic heterocycles. The van der Waals surface area contributed by atoms with E-state index >= 15 is 0 Å². The van der Waals surface area contributed by atoms with E-state index < -0.39 is 16.8 Å². The fourth-order valence-electron chi connectivity index (χ4n) is 0.886. The van der Waals surface area contributed by atoms with Crippen LogP contribution in [0.1, 0.15) is 19.8 Å². The minimum absolute atomic E-state index is 0.00583. The Kier molecular flexibility index (Phi) is 7.36. The number of aliphatic carboxylic acids is 1. The monoisotopic (exact) mass is 224 g/mol. The second-order valence-electron chi connectivity index (χ2n) is 2.84. The molecule has 0 saturated carbocycles. The largest absolute Gasteiger partial charge is 0.481 e. The maximum Gasteiger partial charge on any atom is 0.304 e. The highest BCUT2D eigenvalue weighted by atomic mass is 32.2. The van der Waals surface area contributed by atoms with Gasteiger partial charge in [0.1, 0.15) is 0 Å². The van der Waals surface area contributed by atoms with E-state index in [-0.39, 0.29) is 11.7 Å². The molecule has 0 radical (unpaired) electrons. The molecule has 0 aliphatic heterocycles. The first kappa shape index (κ1) is 13.0. The molecule has 0 aromatic rings. The van der Waals surface area contributed by atoms with Crippen LogP contribution in [0.4, 0.5) is 0 Å². The van der Waals surface area contributed by atoms with Crippen molar-refractivity contribution in [3.05, 3.63) is 0 Å². The van der Waals surface area contributed by atoms with Crippen LogP contribution in [0.5, 0.6) is 0 Å². The van der Waals surface area contributed by atoms with Gasteiger partial charge >= 0.3 is 5.97 Å². The zero-order valence-corrected chi connectivity index (χ0v) is 9.62. The van der Waals surface area contributed by atoms with Gasteiger partial charge < -0.3 is 5.11 Å². The molecule has 0 aliphatic rings. The summed E-state index contributed by atoms with van der Waals surface area (Å²) >= 11 is 1.72. The van der Waals surface area contributed by atoms with Gasteiger partial charge in [-0.1, -0.05) is 6.92 Å². The second-order valence-corrected chi connectivity index (χ2v) is 5.80. The summed E-state index contributed by atoms with van der Waals surface area (Å²) in [5.74, 6) is 0.742. The van der Waals surface area contributed by atoms with Crippen molar-refractivity contribution >= 4 is 28.5 Å². The number of carboxylic acids is 1. The zero-order valence-electron chi connectivity index (χ0n) is 7.99. The molecule has 2 unspecified atom stereocenters. The Hall–Kier alpha value is -0.0300. The third kappa shape index (κ3) is 7.07. The van der Waals surface area contributed by atoms with Crippen molar-refractivity contribution in [3.63, 3.8) is 0 Å². The van der Waals surface area contributed by atoms with E-state index in [0.717, 1.165) is 12.2 Å². The van der Waals surface area contributed by atoms with Crippen molar-refractivity contribution in [1.29, 1.82) is 0 Å². The lowest BCUT2D eigenvalue weighted by atomic mass is 10.3. The number of hydrogen-bond donors (Lipinski definition) is 1. The van der Waals surface area contributed by atoms with E-state index in [4.69, 9.17) is 5.11 Å². The fourth-order valence-corrected chi connectivity index (χ4v) is 2.66. The van der Waals surface area contributed by atoms with Crippen LogP contribution < -0.4 is 0 Å². The molecular weight excluding hydrogens is 208 g/mol. The lowest BCUT2D eigenvalue weighted by molar-refractivity contribution is -0.136. The number of thioether (sulfide) groups is 1. The van der Waals surface area contributed by atoms with E-state index in [2.05, 4.69) is 0 Å². The average molecular weight is 224 g/mol. The van der Waals surface area contributed by atoms with Crippen LogP contribution in [-0.4, -0.2) is 38.3 Å². The summed E-state index contributed by atoms with van der Waals surface area (Å²) in [6.07, 6.45) is 2.91. The lowest BCUT2D eigenvalue weighted by Gasteiger charge is -2.07. The maximum absolute atomic E-state index is 11.4. The second kappa shape index (κ2) is 7.38. The third-order valence-corrected chi connectivity index (χ3v) is 4.06. The van der Waals surface area contributed by atoms with Crippen LogP contribution in [0.3, 0.4) is 0 Å². The van der Waals surface area contributed by atoms with Gasteiger partial charge in [0.15, 0.2) is 0 Å². The van der Waals surface area contributed by atoms with Gasteiger partial charge in [0.25, 0.3) is 0 Å². The SMILES string of the molecule is CSCCCS(=O)C(C)CC(=O)O. The highest BCUT2D eigenvalue weighted by molar-refractivity contribution is 7.98. The van der Waals surface area contributed by atoms with Crippen molar-refractivity contribution in [2.24, 2.45) is 0 Å². The smallest absolute Gasteiger partial charge is 0.304 e. The average Bonchev–Trinajstić information content (AvgIpc) is 2.03. The quantitative estimate of drug-likeness (QED) is 0.663. The molecule has 0 fully saturated rings. The van der Waals surface area contributed by atoms with E-state index in [1.807, 2.05) is 6.26 Å². The molecule has 3 nitrogen and oxygen atoms in total. The minimum atomic E-state index is -0.981. The van der Waals surface area contributed by atoms with Gasteiger partial charge in [0.2, 0.25) is 0 Å². The van der Waals surface area contributed by atoms with E-state index in [1.165, 1.54) is 0 Å². The highest BCUT2D eigenvalue weighted by Gasteiger charge is 2.13. The summed E-state index contributed by atoms with van der Waals surface area (Å²) in [5.41, 5.74) is 0. The van der Waals surface area contributed by atoms with E-state index in [9.17, 15) is 9.00 Å². The summed E-state index contributed by atoms with van der Waals surface area (Å²) in [6.45, 7) is 1.73. The van der Waals surface area contributed by atoms with Crippen LogP contribution in [-0.2, 0) is 15.6 Å². The van der Waals surface area contributed by atoms with E-state index in [0.29, 0.717) is 5.75 Å². The van der Waals surface area contributed by atoms with Crippen molar-refractivity contribution in [2.45, 2.75) is 25.0 Å². The van der Waals surface area contributed by atoms with Gasteiger partial charge in [0, 0.05) is 21.8 Å². The summed E-state index contributed by atoms with van der Waals surface area (Å²) < 4.78 is 11.4. The summed E-state index contributed by atoms with van der Waals surface area (Å²) in [4.78, 5) is 10.3. The predicted molar refractivity (Wildman–Crippen MR) is 57.7 cm³/mol. The van der Waals surface area contributed by atoms with Crippen LogP contribution in [0, 0.1) is 0 Å². The van der Waals surface area contributed by atoms with Crippen molar-refractivity contribution < 1.29 is 14.1 Å². The first-order chi connectivity index (χ1) is 6.07. The van der Waals surface area contributed by atoms with Gasteiger partial charge in [-0.2, -0.15) is 11.8 Å². The zero-order chi connectivity index (χ0) is 10.3. The molecule has 0 saturated heterocycles. The van der Waals surface area contributed by atoms with Gasteiger partial charge in [-0.15, -0.1) is 0 Å². The molecule has 13 heavy (non-hydrogen) atoms. The van der Waals surface area contributed by atoms with Crippen LogP contribution in [0.25, 0.3) is 0 Å². The van der Waals surface area contributed by atoms with Gasteiger partial charge in [0.05, 0.1) is 6.42 Å². The highest BCUT2D eigenvalue weighted by Crippen LogP contribution is 2.05. The Bertz CT molecular complexity index is 182. The van der Waals surface area contributed by atoms with Gasteiger partial charge in [-0.25, -0.2) is 0 Å². The van der Waals surface area contributed by atoms with Crippen molar-refractivity contribution in [3.8, 4) is 0 Å². The third-order valence-electron chi connectivity index (χ3n) is 1.60. The first-order valence-corrected chi connectivity index (χ1v) is 6.93. The molecular formula is C8H16O3S2. The summed E-state index contributed by atoms with van der Waals surface area (Å²) in [7, 11) is -0.981. The standard InChI is InChI=1S/C8H16O3S2/c1-7(6-8(9)10)13(11)5-3-4-12-2/h7H,3-6H2,1-2H3,(H,9,10). The molecule has 1 N–H and O–H groups in total. The fraction of sp³-hybridized carbons (Fsp3) is 0.875. The molecule has 0 rings (SSSR count). The Labute approximate surface area is 85.7 Å². The molecule has 0 amide bonds. The van der Waals surface area contributed by atoms with Crippen molar-refractivity contribution in [1.82, 2.24) is 0 Å². The number of carboxylic acid groups (broad SMARTS) is 1. The molecule has 0 spiro atoms. The lowest BCUT2D eigenvalue weighted by Crippen LogP contribution is -2.18. The number of rotatable bonds is 7. The number of carbonyl (C=O) groups is 1. The summed E-state index contributed by atoms with van der Waals surface area (Å²) in [5, 5.41) is 8.24. The Balaban J connectivity index is 3.63. The van der Waals surface area contributed by atoms with Crippen molar-refractivity contribution in [2.75, 3.05) is 17.8 Å². The Morgan fingerprint density at radius 1 is 1.62 bits per heavy atom. The predicted octanol–water partition coefficient (Wildman–Crippen LogP) is 1.35. The summed E-state index contributed by atoms with van der Waals surface area (Å²) in [6, 6.07) is 0. The molecule has 5 heteroatoms. The van der Waals surface area contributed by atoms with Gasteiger partial charge in [-0.3, -0.25) is 9.00 Å². The van der Waals surface area contributed by atoms with Crippen LogP contribution in [0.15, 0.2) is 0 Å². The molecule has 0 aromatic carbocycles. The number of hydrogen-bond acceptors (Lipinski definition) is 3. The minimum Gasteiger partial charge on any atom is -0.481 e. The molecule has 78 valence electrons. The van der Waals surface area contributed by atoms with Crippen LogP contribution in [0.2, 0.25) is 0 Å². The molecule has 0 bridgehead atoms. The first-order valence-electron chi connectivity index (χ1n) is 4.15. The normalized spacial score (nSPS) is 15.2. The molecule has 0 aliphatic carbocycles. The van der Waals surface area contributed by atoms with Crippen LogP contribution >= 0.6 is 11.8 Å². The Morgan fingerprint density at radius 2 is 2.23 bits per heavy atom. The molecule has 0 heterocycles. The Morgan fingerprint density at radius 3 is 2.69 bits per heavy atom. The topological polar surface area (TPSA) is 54.4 Å². The molecule has 2 atom stereocenters. The van der Waals surface area contributed by atoms with E-state index in [1.54, 1.807) is 18.7 Å².